The minimum atomic E-state index is 0.0278. The number of carbonyl (C=O) groups excluding carboxylic acids is 1. The van der Waals surface area contributed by atoms with E-state index >= 15 is 0 Å². The van der Waals surface area contributed by atoms with Gasteiger partial charge in [-0.15, -0.1) is 0 Å². The maximum Gasteiger partial charge on any atom is 0.226 e. The van der Waals surface area contributed by atoms with Gasteiger partial charge in [-0.3, -0.25) is 4.79 Å². The van der Waals surface area contributed by atoms with Crippen LogP contribution >= 0.6 is 15.9 Å². The van der Waals surface area contributed by atoms with Crippen LogP contribution in [0.2, 0.25) is 0 Å². The molecule has 1 aliphatic heterocycles. The average molecular weight is 327 g/mol. The molecule has 0 aliphatic carbocycles. The van der Waals surface area contributed by atoms with Gasteiger partial charge in [0.15, 0.2) is 0 Å². The number of morpholine rings is 1. The molecule has 0 saturated carbocycles. The molecule has 1 heterocycles. The molecule has 1 aromatic rings. The van der Waals surface area contributed by atoms with E-state index in [0.717, 1.165) is 35.3 Å². The van der Waals surface area contributed by atoms with E-state index in [1.807, 2.05) is 18.2 Å². The van der Waals surface area contributed by atoms with Gasteiger partial charge in [-0.05, 0) is 30.2 Å². The molecule has 0 bridgehead atoms. The standard InChI is InChI=1S/C14H19BrN2O2/c1-2-10-7-11(15)3-4-13(10)17-14(18)8-12-9-19-6-5-16-12/h3-4,7,12,16H,2,5-6,8-9H2,1H3,(H,17,18). The average Bonchev–Trinajstić information content (AvgIpc) is 2.42. The van der Waals surface area contributed by atoms with Crippen molar-refractivity contribution in [1.82, 2.24) is 5.32 Å². The molecule has 1 atom stereocenters. The molecule has 2 N–H and O–H groups in total. The van der Waals surface area contributed by atoms with Crippen LogP contribution in [0.3, 0.4) is 0 Å². The summed E-state index contributed by atoms with van der Waals surface area (Å²) >= 11 is 3.44. The lowest BCUT2D eigenvalue weighted by molar-refractivity contribution is -0.117. The molecule has 0 radical (unpaired) electrons. The highest BCUT2D eigenvalue weighted by atomic mass is 79.9. The number of aryl methyl sites for hydroxylation is 1. The number of halogens is 1. The van der Waals surface area contributed by atoms with Crippen molar-refractivity contribution in [2.45, 2.75) is 25.8 Å². The van der Waals surface area contributed by atoms with Crippen molar-refractivity contribution in [1.29, 1.82) is 0 Å². The first-order valence-corrected chi connectivity index (χ1v) is 7.37. The van der Waals surface area contributed by atoms with Gasteiger partial charge in [0.1, 0.15) is 0 Å². The molecule has 1 aliphatic rings. The molecular weight excluding hydrogens is 308 g/mol. The predicted molar refractivity (Wildman–Crippen MR) is 79.4 cm³/mol. The Morgan fingerprint density at radius 3 is 3.11 bits per heavy atom. The van der Waals surface area contributed by atoms with Gasteiger partial charge in [0.05, 0.1) is 13.2 Å². The maximum absolute atomic E-state index is 12.0. The van der Waals surface area contributed by atoms with Crippen LogP contribution in [0.1, 0.15) is 18.9 Å². The summed E-state index contributed by atoms with van der Waals surface area (Å²) in [5.41, 5.74) is 2.03. The second-order valence-electron chi connectivity index (χ2n) is 4.63. The molecular formula is C14H19BrN2O2. The maximum atomic E-state index is 12.0. The molecule has 19 heavy (non-hydrogen) atoms. The molecule has 1 unspecified atom stereocenters. The third-order valence-electron chi connectivity index (χ3n) is 3.15. The molecule has 2 rings (SSSR count). The quantitative estimate of drug-likeness (QED) is 0.892. The zero-order chi connectivity index (χ0) is 13.7. The molecule has 0 spiro atoms. The normalized spacial score (nSPS) is 19.2. The first kappa shape index (κ1) is 14.5. The first-order valence-electron chi connectivity index (χ1n) is 6.58. The largest absolute Gasteiger partial charge is 0.378 e. The fourth-order valence-electron chi connectivity index (χ4n) is 2.15. The molecule has 0 aromatic heterocycles. The summed E-state index contributed by atoms with van der Waals surface area (Å²) < 4.78 is 6.38. The van der Waals surface area contributed by atoms with Gasteiger partial charge in [-0.2, -0.15) is 0 Å². The molecule has 4 nitrogen and oxygen atoms in total. The van der Waals surface area contributed by atoms with Crippen LogP contribution in [0.25, 0.3) is 0 Å². The molecule has 104 valence electrons. The predicted octanol–water partition coefficient (Wildman–Crippen LogP) is 2.33. The molecule has 1 amide bonds. The van der Waals surface area contributed by atoms with E-state index in [-0.39, 0.29) is 11.9 Å². The first-order chi connectivity index (χ1) is 9.19. The number of carbonyl (C=O) groups is 1. The minimum absolute atomic E-state index is 0.0278. The van der Waals surface area contributed by atoms with Crippen LogP contribution in [-0.2, 0) is 16.0 Å². The number of hydrogen-bond donors (Lipinski definition) is 2. The zero-order valence-electron chi connectivity index (χ0n) is 11.0. The Morgan fingerprint density at radius 1 is 1.58 bits per heavy atom. The van der Waals surface area contributed by atoms with Crippen molar-refractivity contribution in [3.63, 3.8) is 0 Å². The lowest BCUT2D eigenvalue weighted by Crippen LogP contribution is -2.43. The monoisotopic (exact) mass is 326 g/mol. The summed E-state index contributed by atoms with van der Waals surface area (Å²) in [6.07, 6.45) is 1.33. The SMILES string of the molecule is CCc1cc(Br)ccc1NC(=O)CC1COCCN1. The highest BCUT2D eigenvalue weighted by molar-refractivity contribution is 9.10. The number of nitrogens with one attached hydrogen (secondary N) is 2. The second kappa shape index (κ2) is 7.03. The summed E-state index contributed by atoms with van der Waals surface area (Å²) in [5.74, 6) is 0.0278. The minimum Gasteiger partial charge on any atom is -0.378 e. The van der Waals surface area contributed by atoms with Crippen LogP contribution in [0, 0.1) is 0 Å². The van der Waals surface area contributed by atoms with Crippen molar-refractivity contribution in [3.8, 4) is 0 Å². The van der Waals surface area contributed by atoms with Crippen molar-refractivity contribution < 1.29 is 9.53 Å². The van der Waals surface area contributed by atoms with E-state index in [9.17, 15) is 4.79 Å². The van der Waals surface area contributed by atoms with E-state index in [0.29, 0.717) is 13.0 Å². The Labute approximate surface area is 122 Å². The Balaban J connectivity index is 1.94. The highest BCUT2D eigenvalue weighted by Gasteiger charge is 2.17. The van der Waals surface area contributed by atoms with Crippen LogP contribution in [-0.4, -0.2) is 31.7 Å². The summed E-state index contributed by atoms with van der Waals surface area (Å²) in [5, 5.41) is 6.26. The number of anilines is 1. The van der Waals surface area contributed by atoms with Gasteiger partial charge < -0.3 is 15.4 Å². The van der Waals surface area contributed by atoms with Crippen molar-refractivity contribution >= 4 is 27.5 Å². The Kier molecular flexibility index (Phi) is 5.36. The zero-order valence-corrected chi connectivity index (χ0v) is 12.6. The van der Waals surface area contributed by atoms with Gasteiger partial charge in [-0.1, -0.05) is 22.9 Å². The van der Waals surface area contributed by atoms with E-state index in [1.54, 1.807) is 0 Å². The van der Waals surface area contributed by atoms with Crippen LogP contribution in [0.5, 0.6) is 0 Å². The van der Waals surface area contributed by atoms with Crippen molar-refractivity contribution in [2.24, 2.45) is 0 Å². The van der Waals surface area contributed by atoms with Gasteiger partial charge in [0, 0.05) is 29.2 Å². The van der Waals surface area contributed by atoms with Crippen LogP contribution < -0.4 is 10.6 Å². The molecule has 5 heteroatoms. The van der Waals surface area contributed by atoms with Crippen molar-refractivity contribution in [2.75, 3.05) is 25.1 Å². The number of rotatable bonds is 4. The fourth-order valence-corrected chi connectivity index (χ4v) is 2.56. The number of ether oxygens (including phenoxy) is 1. The summed E-state index contributed by atoms with van der Waals surface area (Å²) in [4.78, 5) is 12.0. The lowest BCUT2D eigenvalue weighted by atomic mass is 10.1. The van der Waals surface area contributed by atoms with Gasteiger partial charge in [-0.25, -0.2) is 0 Å². The number of amides is 1. The van der Waals surface area contributed by atoms with Crippen LogP contribution in [0.15, 0.2) is 22.7 Å². The second-order valence-corrected chi connectivity index (χ2v) is 5.55. The van der Waals surface area contributed by atoms with E-state index < -0.39 is 0 Å². The third kappa shape index (κ3) is 4.30. The lowest BCUT2D eigenvalue weighted by Gasteiger charge is -2.23. The summed E-state index contributed by atoms with van der Waals surface area (Å²) in [6.45, 7) is 4.23. The van der Waals surface area contributed by atoms with Crippen molar-refractivity contribution in [3.05, 3.63) is 28.2 Å². The molecule has 1 aromatic carbocycles. The van der Waals surface area contributed by atoms with E-state index in [2.05, 4.69) is 33.5 Å². The Morgan fingerprint density at radius 2 is 2.42 bits per heavy atom. The molecule has 1 fully saturated rings. The number of hydrogen-bond acceptors (Lipinski definition) is 3. The molecule has 1 saturated heterocycles. The fraction of sp³-hybridized carbons (Fsp3) is 0.500. The Bertz CT molecular complexity index is 445. The number of benzene rings is 1. The smallest absolute Gasteiger partial charge is 0.226 e. The van der Waals surface area contributed by atoms with Crippen LogP contribution in [0.4, 0.5) is 5.69 Å². The third-order valence-corrected chi connectivity index (χ3v) is 3.65. The Hall–Kier alpha value is -0.910. The summed E-state index contributed by atoms with van der Waals surface area (Å²) in [7, 11) is 0. The van der Waals surface area contributed by atoms with Gasteiger partial charge in [0.25, 0.3) is 0 Å². The van der Waals surface area contributed by atoms with Gasteiger partial charge >= 0.3 is 0 Å². The van der Waals surface area contributed by atoms with Gasteiger partial charge in [0.2, 0.25) is 5.91 Å². The highest BCUT2D eigenvalue weighted by Crippen LogP contribution is 2.21. The van der Waals surface area contributed by atoms with E-state index in [4.69, 9.17) is 4.74 Å². The van der Waals surface area contributed by atoms with E-state index in [1.165, 1.54) is 0 Å². The summed E-state index contributed by atoms with van der Waals surface area (Å²) in [6, 6.07) is 6.04. The topological polar surface area (TPSA) is 50.4 Å².